The van der Waals surface area contributed by atoms with Crippen LogP contribution in [0.4, 0.5) is 33.6 Å². The van der Waals surface area contributed by atoms with Crippen molar-refractivity contribution < 1.29 is 4.39 Å². The van der Waals surface area contributed by atoms with E-state index in [1.54, 1.807) is 6.07 Å². The molecule has 6 N–H and O–H groups in total. The molecule has 174 valence electrons. The zero-order valence-electron chi connectivity index (χ0n) is 18.8. The highest BCUT2D eigenvalue weighted by molar-refractivity contribution is 5.59. The standard InChI is InChI=1S/C23H35FN8/c1-2-19(20-9-6-12-26-20)29-23-31-21(27-14-15-7-4-3-5-8-15)30-22(32-23)28-16-10-11-18(25)17(24)13-16/h10-11,13,15,19-20,26H,2-9,12,14,25H2,1H3,(H3,27,28,29,30,31,32). The molecule has 1 aromatic carbocycles. The number of nitrogens with two attached hydrogens (primary N) is 1. The third-order valence-electron chi connectivity index (χ3n) is 6.50. The van der Waals surface area contributed by atoms with Gasteiger partial charge < -0.3 is 27.0 Å². The first-order valence-electron chi connectivity index (χ1n) is 11.9. The molecule has 32 heavy (non-hydrogen) atoms. The van der Waals surface area contributed by atoms with Crippen LogP contribution in [-0.4, -0.2) is 40.1 Å². The Hall–Kier alpha value is -2.68. The van der Waals surface area contributed by atoms with E-state index in [2.05, 4.69) is 43.1 Å². The predicted molar refractivity (Wildman–Crippen MR) is 128 cm³/mol. The third-order valence-corrected chi connectivity index (χ3v) is 6.50. The van der Waals surface area contributed by atoms with E-state index < -0.39 is 5.82 Å². The van der Waals surface area contributed by atoms with Gasteiger partial charge in [0.1, 0.15) is 5.82 Å². The monoisotopic (exact) mass is 442 g/mol. The molecule has 2 aromatic rings. The molecule has 2 aliphatic rings. The van der Waals surface area contributed by atoms with Gasteiger partial charge in [0.05, 0.1) is 5.69 Å². The summed E-state index contributed by atoms with van der Waals surface area (Å²) >= 11 is 0. The molecular formula is C23H35FN8. The molecule has 1 aliphatic carbocycles. The second-order valence-electron chi connectivity index (χ2n) is 8.91. The fraction of sp³-hybridized carbons (Fsp3) is 0.609. The Balaban J connectivity index is 1.52. The van der Waals surface area contributed by atoms with Gasteiger partial charge in [0.15, 0.2) is 0 Å². The number of benzene rings is 1. The first kappa shape index (κ1) is 22.5. The van der Waals surface area contributed by atoms with Crippen molar-refractivity contribution in [2.45, 2.75) is 70.4 Å². The van der Waals surface area contributed by atoms with Crippen LogP contribution < -0.4 is 27.0 Å². The summed E-state index contributed by atoms with van der Waals surface area (Å²) in [6.45, 7) is 4.06. The number of rotatable bonds is 9. The van der Waals surface area contributed by atoms with E-state index in [0.717, 1.165) is 25.9 Å². The minimum Gasteiger partial charge on any atom is -0.396 e. The van der Waals surface area contributed by atoms with E-state index in [1.807, 2.05) is 0 Å². The van der Waals surface area contributed by atoms with Crippen LogP contribution in [0.3, 0.4) is 0 Å². The van der Waals surface area contributed by atoms with Crippen molar-refractivity contribution >= 4 is 29.2 Å². The van der Waals surface area contributed by atoms with E-state index >= 15 is 0 Å². The van der Waals surface area contributed by atoms with Crippen molar-refractivity contribution in [2.24, 2.45) is 5.92 Å². The average molecular weight is 443 g/mol. The lowest BCUT2D eigenvalue weighted by Gasteiger charge is -2.24. The Kier molecular flexibility index (Phi) is 7.57. The van der Waals surface area contributed by atoms with Gasteiger partial charge in [-0.15, -0.1) is 0 Å². The van der Waals surface area contributed by atoms with Gasteiger partial charge >= 0.3 is 0 Å². The lowest BCUT2D eigenvalue weighted by atomic mass is 9.89. The summed E-state index contributed by atoms with van der Waals surface area (Å²) in [4.78, 5) is 13.8. The maximum absolute atomic E-state index is 13.9. The third kappa shape index (κ3) is 5.97. The first-order chi connectivity index (χ1) is 15.6. The fourth-order valence-electron chi connectivity index (χ4n) is 4.64. The molecule has 1 aliphatic heterocycles. The Morgan fingerprint density at radius 1 is 1.06 bits per heavy atom. The van der Waals surface area contributed by atoms with Crippen molar-refractivity contribution in [2.75, 3.05) is 34.8 Å². The highest BCUT2D eigenvalue weighted by Crippen LogP contribution is 2.25. The van der Waals surface area contributed by atoms with Crippen LogP contribution in [0.2, 0.25) is 0 Å². The Morgan fingerprint density at radius 2 is 1.84 bits per heavy atom. The zero-order valence-corrected chi connectivity index (χ0v) is 18.8. The van der Waals surface area contributed by atoms with Crippen LogP contribution >= 0.6 is 0 Å². The summed E-state index contributed by atoms with van der Waals surface area (Å²) in [5.74, 6) is 1.58. The van der Waals surface area contributed by atoms with Gasteiger partial charge in [0.2, 0.25) is 17.8 Å². The summed E-state index contributed by atoms with van der Waals surface area (Å²) in [7, 11) is 0. The van der Waals surface area contributed by atoms with Crippen LogP contribution in [-0.2, 0) is 0 Å². The number of hydrogen-bond donors (Lipinski definition) is 5. The Morgan fingerprint density at radius 3 is 2.56 bits per heavy atom. The smallest absolute Gasteiger partial charge is 0.233 e. The minimum absolute atomic E-state index is 0.109. The average Bonchev–Trinajstić information content (AvgIpc) is 3.34. The van der Waals surface area contributed by atoms with Crippen molar-refractivity contribution in [1.82, 2.24) is 20.3 Å². The van der Waals surface area contributed by atoms with Crippen LogP contribution in [0.5, 0.6) is 0 Å². The molecule has 9 heteroatoms. The number of nitrogen functional groups attached to an aromatic ring is 1. The molecule has 2 unspecified atom stereocenters. The first-order valence-corrected chi connectivity index (χ1v) is 11.9. The van der Waals surface area contributed by atoms with Crippen LogP contribution in [0, 0.1) is 11.7 Å². The number of nitrogens with one attached hydrogen (secondary N) is 4. The summed E-state index contributed by atoms with van der Waals surface area (Å²) in [6.07, 6.45) is 9.67. The topological polar surface area (TPSA) is 113 Å². The van der Waals surface area contributed by atoms with E-state index in [-0.39, 0.29) is 11.7 Å². The van der Waals surface area contributed by atoms with Crippen LogP contribution in [0.15, 0.2) is 18.2 Å². The van der Waals surface area contributed by atoms with Gasteiger partial charge in [-0.3, -0.25) is 0 Å². The molecule has 0 spiro atoms. The highest BCUT2D eigenvalue weighted by Gasteiger charge is 2.24. The van der Waals surface area contributed by atoms with Gasteiger partial charge in [-0.1, -0.05) is 26.2 Å². The molecule has 2 atom stereocenters. The quantitative estimate of drug-likeness (QED) is 0.366. The maximum Gasteiger partial charge on any atom is 0.233 e. The van der Waals surface area contributed by atoms with Gasteiger partial charge in [-0.25, -0.2) is 4.39 Å². The summed E-state index contributed by atoms with van der Waals surface area (Å²) < 4.78 is 13.9. The van der Waals surface area contributed by atoms with E-state index in [1.165, 1.54) is 50.7 Å². The van der Waals surface area contributed by atoms with Gasteiger partial charge in [-0.05, 0) is 62.8 Å². The molecule has 1 saturated heterocycles. The zero-order chi connectivity index (χ0) is 22.3. The predicted octanol–water partition coefficient (Wildman–Crippen LogP) is 4.27. The molecular weight excluding hydrogens is 407 g/mol. The number of nitrogens with zero attached hydrogens (tertiary/aromatic N) is 3. The number of anilines is 5. The Bertz CT molecular complexity index is 880. The normalized spacial score (nSPS) is 20.1. The molecule has 8 nitrogen and oxygen atoms in total. The lowest BCUT2D eigenvalue weighted by Crippen LogP contribution is -2.40. The van der Waals surface area contributed by atoms with Crippen molar-refractivity contribution in [3.63, 3.8) is 0 Å². The Labute approximate surface area is 189 Å². The molecule has 2 heterocycles. The lowest BCUT2D eigenvalue weighted by molar-refractivity contribution is 0.373. The van der Waals surface area contributed by atoms with E-state index in [9.17, 15) is 4.39 Å². The number of aromatic nitrogens is 3. The second-order valence-corrected chi connectivity index (χ2v) is 8.91. The summed E-state index contributed by atoms with van der Waals surface area (Å²) in [5.41, 5.74) is 6.25. The van der Waals surface area contributed by atoms with Gasteiger partial charge in [-0.2, -0.15) is 15.0 Å². The van der Waals surface area contributed by atoms with Gasteiger partial charge in [0.25, 0.3) is 0 Å². The molecule has 0 radical (unpaired) electrons. The molecule has 1 aromatic heterocycles. The van der Waals surface area contributed by atoms with Crippen LogP contribution in [0.1, 0.15) is 58.3 Å². The van der Waals surface area contributed by atoms with Gasteiger partial charge in [0, 0.05) is 24.3 Å². The molecule has 0 bridgehead atoms. The molecule has 0 amide bonds. The number of halogens is 1. The summed E-state index contributed by atoms with van der Waals surface area (Å²) in [5, 5.41) is 13.6. The fourth-order valence-corrected chi connectivity index (χ4v) is 4.64. The highest BCUT2D eigenvalue weighted by atomic mass is 19.1. The number of hydrogen-bond acceptors (Lipinski definition) is 8. The summed E-state index contributed by atoms with van der Waals surface area (Å²) in [6, 6.07) is 5.21. The van der Waals surface area contributed by atoms with Crippen molar-refractivity contribution in [3.8, 4) is 0 Å². The van der Waals surface area contributed by atoms with Crippen molar-refractivity contribution in [1.29, 1.82) is 0 Å². The van der Waals surface area contributed by atoms with Crippen molar-refractivity contribution in [3.05, 3.63) is 24.0 Å². The SMILES string of the molecule is CCC(Nc1nc(NCC2CCCCC2)nc(Nc2ccc(N)c(F)c2)n1)C1CCCN1. The maximum atomic E-state index is 13.9. The second kappa shape index (κ2) is 10.8. The molecule has 2 fully saturated rings. The largest absolute Gasteiger partial charge is 0.396 e. The van der Waals surface area contributed by atoms with Crippen LogP contribution in [0.25, 0.3) is 0 Å². The molecule has 1 saturated carbocycles. The van der Waals surface area contributed by atoms with E-state index in [4.69, 9.17) is 5.73 Å². The minimum atomic E-state index is -0.476. The molecule has 4 rings (SSSR count). The van der Waals surface area contributed by atoms with E-state index in [0.29, 0.717) is 35.5 Å².